The fourth-order valence-corrected chi connectivity index (χ4v) is 4.99. The van der Waals surface area contributed by atoms with Crippen LogP contribution in [0.25, 0.3) is 10.9 Å². The molecule has 0 bridgehead atoms. The number of fused-ring (bicyclic) bond motifs is 1. The van der Waals surface area contributed by atoms with Crippen LogP contribution in [0.15, 0.2) is 36.5 Å². The average molecular weight is 446 g/mol. The first kappa shape index (κ1) is 20.9. The summed E-state index contributed by atoms with van der Waals surface area (Å²) < 4.78 is 39.2. The van der Waals surface area contributed by atoms with Crippen LogP contribution in [-0.4, -0.2) is 46.8 Å². The van der Waals surface area contributed by atoms with Gasteiger partial charge in [-0.05, 0) is 35.7 Å². The maximum Gasteiger partial charge on any atom is 0.274 e. The van der Waals surface area contributed by atoms with Crippen LogP contribution in [0.2, 0.25) is 0 Å². The molecule has 31 heavy (non-hydrogen) atoms. The van der Waals surface area contributed by atoms with Gasteiger partial charge in [-0.25, -0.2) is 17.8 Å². The summed E-state index contributed by atoms with van der Waals surface area (Å²) in [5.41, 5.74) is 0.515. The van der Waals surface area contributed by atoms with E-state index in [4.69, 9.17) is 0 Å². The van der Waals surface area contributed by atoms with Gasteiger partial charge in [-0.15, -0.1) is 0 Å². The van der Waals surface area contributed by atoms with Crippen LogP contribution < -0.4 is 9.62 Å². The summed E-state index contributed by atoms with van der Waals surface area (Å²) in [6, 6.07) is 7.00. The number of halogens is 1. The van der Waals surface area contributed by atoms with Crippen molar-refractivity contribution in [1.82, 2.24) is 15.3 Å². The van der Waals surface area contributed by atoms with Gasteiger partial charge in [-0.3, -0.25) is 14.1 Å². The van der Waals surface area contributed by atoms with Gasteiger partial charge in [0, 0.05) is 19.3 Å². The number of anilines is 1. The summed E-state index contributed by atoms with van der Waals surface area (Å²) in [7, 11) is -3.66. The zero-order valence-electron chi connectivity index (χ0n) is 16.2. The van der Waals surface area contributed by atoms with Crippen molar-refractivity contribution < 1.29 is 27.8 Å². The van der Waals surface area contributed by atoms with Crippen LogP contribution in [0.1, 0.15) is 28.0 Å². The molecular formula is C20H19FN4O5S. The van der Waals surface area contributed by atoms with E-state index in [-0.39, 0.29) is 35.6 Å². The molecule has 4 rings (SSSR count). The fourth-order valence-electron chi connectivity index (χ4n) is 3.47. The number of nitrogens with one attached hydrogen (secondary N) is 1. The number of sulfonamides is 1. The van der Waals surface area contributed by atoms with Gasteiger partial charge < -0.3 is 15.5 Å². The van der Waals surface area contributed by atoms with E-state index in [0.29, 0.717) is 17.5 Å². The third kappa shape index (κ3) is 3.89. The molecule has 1 saturated heterocycles. The zero-order chi connectivity index (χ0) is 22.2. The first-order valence-corrected chi connectivity index (χ1v) is 11.1. The van der Waals surface area contributed by atoms with E-state index in [1.165, 1.54) is 36.5 Å². The first-order valence-electron chi connectivity index (χ1n) is 9.46. The minimum absolute atomic E-state index is 0.0365. The third-order valence-electron chi connectivity index (χ3n) is 5.01. The molecule has 0 aliphatic carbocycles. The number of aromatic nitrogens is 2. The molecule has 3 aromatic rings. The molecule has 0 radical (unpaired) electrons. The second-order valence-corrected chi connectivity index (χ2v) is 9.05. The Labute approximate surface area is 177 Å². The molecule has 1 fully saturated rings. The van der Waals surface area contributed by atoms with Crippen molar-refractivity contribution in [2.24, 2.45) is 0 Å². The quantitative estimate of drug-likeness (QED) is 0.540. The maximum atomic E-state index is 13.1. The van der Waals surface area contributed by atoms with Crippen LogP contribution in [-0.2, 0) is 23.2 Å². The number of nitrogens with zero attached hydrogens (tertiary/aromatic N) is 3. The lowest BCUT2D eigenvalue weighted by Gasteiger charge is -2.20. The monoisotopic (exact) mass is 446 g/mol. The Balaban J connectivity index is 1.79. The van der Waals surface area contributed by atoms with E-state index in [1.54, 1.807) is 0 Å². The smallest absolute Gasteiger partial charge is 0.274 e. The second-order valence-electron chi connectivity index (χ2n) is 7.04. The molecule has 1 amide bonds. The number of aliphatic hydroxyl groups excluding tert-OH is 1. The highest BCUT2D eigenvalue weighted by Gasteiger charge is 2.33. The van der Waals surface area contributed by atoms with Crippen molar-refractivity contribution in [3.8, 4) is 5.75 Å². The van der Waals surface area contributed by atoms with Gasteiger partial charge in [-0.2, -0.15) is 0 Å². The fraction of sp³-hybridized carbons (Fsp3) is 0.250. The topological polar surface area (TPSA) is 133 Å². The molecular weight excluding hydrogens is 427 g/mol. The van der Waals surface area contributed by atoms with Crippen molar-refractivity contribution >= 4 is 32.7 Å². The van der Waals surface area contributed by atoms with E-state index in [0.717, 1.165) is 4.31 Å². The Kier molecular flexibility index (Phi) is 5.46. The van der Waals surface area contributed by atoms with Gasteiger partial charge >= 0.3 is 0 Å². The van der Waals surface area contributed by atoms with E-state index >= 15 is 0 Å². The maximum absolute atomic E-state index is 13.1. The molecule has 1 aromatic carbocycles. The lowest BCUT2D eigenvalue weighted by atomic mass is 10.1. The molecule has 9 nitrogen and oxygen atoms in total. The number of rotatable bonds is 5. The molecule has 0 atom stereocenters. The van der Waals surface area contributed by atoms with Crippen LogP contribution in [0.3, 0.4) is 0 Å². The molecule has 162 valence electrons. The Morgan fingerprint density at radius 3 is 2.61 bits per heavy atom. The number of carbonyl (C=O) groups is 1. The summed E-state index contributed by atoms with van der Waals surface area (Å²) in [5.74, 6) is -1.82. The third-order valence-corrected chi connectivity index (χ3v) is 6.85. The number of carbonyl (C=O) groups excluding carboxylic acids is 1. The van der Waals surface area contributed by atoms with Crippen molar-refractivity contribution in [2.75, 3.05) is 16.6 Å². The average Bonchev–Trinajstić information content (AvgIpc) is 3.12. The SMILES string of the molecule is O=C(NCc1ccc(F)cc1)c1nc(N2CCCS2(=O)=O)c2c(CO)ccnc2c1O. The first-order chi connectivity index (χ1) is 14.8. The van der Waals surface area contributed by atoms with Gasteiger partial charge in [-0.1, -0.05) is 12.1 Å². The zero-order valence-corrected chi connectivity index (χ0v) is 17.1. The van der Waals surface area contributed by atoms with Crippen molar-refractivity contribution in [3.63, 3.8) is 0 Å². The largest absolute Gasteiger partial charge is 0.504 e. The van der Waals surface area contributed by atoms with E-state index < -0.39 is 39.8 Å². The number of hydrogen-bond acceptors (Lipinski definition) is 7. The van der Waals surface area contributed by atoms with Crippen molar-refractivity contribution in [3.05, 3.63) is 59.2 Å². The number of pyridine rings is 2. The number of hydrogen-bond donors (Lipinski definition) is 3. The summed E-state index contributed by atoms with van der Waals surface area (Å²) in [5, 5.41) is 23.2. The normalized spacial score (nSPS) is 15.4. The molecule has 1 aliphatic heterocycles. The molecule has 0 unspecified atom stereocenters. The van der Waals surface area contributed by atoms with Gasteiger partial charge in [0.1, 0.15) is 11.3 Å². The molecule has 0 spiro atoms. The standard InChI is InChI=1S/C20H19FN4O5S/c21-14-4-2-12(3-5-14)10-23-20(28)17-18(27)16-15(13(11-26)6-7-22-16)19(24-17)25-8-1-9-31(25,29)30/h2-7,26-27H,1,8-11H2,(H,23,28). The molecule has 0 saturated carbocycles. The highest BCUT2D eigenvalue weighted by atomic mass is 32.2. The van der Waals surface area contributed by atoms with Crippen molar-refractivity contribution in [2.45, 2.75) is 19.6 Å². The van der Waals surface area contributed by atoms with Gasteiger partial charge in [0.2, 0.25) is 10.0 Å². The minimum Gasteiger partial charge on any atom is -0.504 e. The molecule has 11 heteroatoms. The minimum atomic E-state index is -3.66. The lowest BCUT2D eigenvalue weighted by molar-refractivity contribution is 0.0943. The summed E-state index contributed by atoms with van der Waals surface area (Å²) >= 11 is 0. The van der Waals surface area contributed by atoms with Crippen LogP contribution in [0, 0.1) is 5.82 Å². The summed E-state index contributed by atoms with van der Waals surface area (Å²) in [4.78, 5) is 21.1. The van der Waals surface area contributed by atoms with E-state index in [2.05, 4.69) is 15.3 Å². The summed E-state index contributed by atoms with van der Waals surface area (Å²) in [6.07, 6.45) is 1.73. The van der Waals surface area contributed by atoms with Crippen LogP contribution in [0.5, 0.6) is 5.75 Å². The molecule has 3 heterocycles. The van der Waals surface area contributed by atoms with E-state index in [1.807, 2.05) is 0 Å². The second kappa shape index (κ2) is 8.08. The predicted octanol–water partition coefficient (Wildman–Crippen LogP) is 1.44. The number of amides is 1. The Bertz CT molecular complexity index is 1260. The van der Waals surface area contributed by atoms with E-state index in [9.17, 15) is 27.8 Å². The van der Waals surface area contributed by atoms with Crippen LogP contribution >= 0.6 is 0 Å². The Hall–Kier alpha value is -3.31. The van der Waals surface area contributed by atoms with Gasteiger partial charge in [0.15, 0.2) is 17.3 Å². The number of aliphatic hydroxyl groups is 1. The molecule has 3 N–H and O–H groups in total. The Morgan fingerprint density at radius 2 is 1.97 bits per heavy atom. The number of benzene rings is 1. The van der Waals surface area contributed by atoms with Crippen LogP contribution in [0.4, 0.5) is 10.2 Å². The van der Waals surface area contributed by atoms with Crippen molar-refractivity contribution in [1.29, 1.82) is 0 Å². The molecule has 2 aromatic heterocycles. The Morgan fingerprint density at radius 1 is 1.23 bits per heavy atom. The summed E-state index contributed by atoms with van der Waals surface area (Å²) in [6.45, 7) is -0.234. The number of aromatic hydroxyl groups is 1. The highest BCUT2D eigenvalue weighted by Crippen LogP contribution is 2.37. The highest BCUT2D eigenvalue weighted by molar-refractivity contribution is 7.93. The predicted molar refractivity (Wildman–Crippen MR) is 110 cm³/mol. The van der Waals surface area contributed by atoms with Gasteiger partial charge in [0.25, 0.3) is 5.91 Å². The lowest BCUT2D eigenvalue weighted by Crippen LogP contribution is -2.29. The van der Waals surface area contributed by atoms with Gasteiger partial charge in [0.05, 0.1) is 17.7 Å². The molecule has 1 aliphatic rings.